The van der Waals surface area contributed by atoms with Crippen LogP contribution in [0.1, 0.15) is 12.5 Å². The van der Waals surface area contributed by atoms with E-state index in [0.29, 0.717) is 28.1 Å². The van der Waals surface area contributed by atoms with Crippen LogP contribution in [-0.4, -0.2) is 21.5 Å². The van der Waals surface area contributed by atoms with E-state index < -0.39 is 17.6 Å². The summed E-state index contributed by atoms with van der Waals surface area (Å²) in [6.07, 6.45) is -0.383. The van der Waals surface area contributed by atoms with Crippen molar-refractivity contribution in [3.05, 3.63) is 54.2 Å². The van der Waals surface area contributed by atoms with E-state index in [9.17, 15) is 17.6 Å². The van der Waals surface area contributed by atoms with E-state index in [4.69, 9.17) is 5.73 Å². The van der Waals surface area contributed by atoms with E-state index in [1.807, 2.05) is 6.92 Å². The van der Waals surface area contributed by atoms with Gasteiger partial charge in [0.15, 0.2) is 0 Å². The monoisotopic (exact) mass is 409 g/mol. The second kappa shape index (κ2) is 8.11. The van der Waals surface area contributed by atoms with Gasteiger partial charge in [-0.3, -0.25) is 9.71 Å². The molecule has 0 aliphatic rings. The van der Waals surface area contributed by atoms with Gasteiger partial charge in [-0.2, -0.15) is 13.2 Å². The normalized spacial score (nSPS) is 11.6. The van der Waals surface area contributed by atoms with Crippen LogP contribution in [0, 0.1) is 5.82 Å². The summed E-state index contributed by atoms with van der Waals surface area (Å²) in [7, 11) is 0. The third kappa shape index (κ3) is 4.39. The first-order chi connectivity index (χ1) is 13.3. The minimum Gasteiger partial charge on any atom is -0.368 e. The molecule has 0 aliphatic carbocycles. The number of halogens is 4. The highest BCUT2D eigenvalue weighted by Gasteiger charge is 2.31. The van der Waals surface area contributed by atoms with Gasteiger partial charge < -0.3 is 5.73 Å². The maximum atomic E-state index is 14.6. The quantitative estimate of drug-likeness (QED) is 0.475. The van der Waals surface area contributed by atoms with Crippen LogP contribution in [0.5, 0.6) is 0 Å². The maximum Gasteiger partial charge on any atom is 0.416 e. The Kier molecular flexibility index (Phi) is 5.80. The van der Waals surface area contributed by atoms with Gasteiger partial charge in [-0.15, -0.1) is 0 Å². The Hall–Kier alpha value is -2.72. The summed E-state index contributed by atoms with van der Waals surface area (Å²) in [6.45, 7) is 2.37. The molecule has 0 fully saturated rings. The molecule has 3 N–H and O–H groups in total. The number of alkyl halides is 3. The van der Waals surface area contributed by atoms with Crippen molar-refractivity contribution < 1.29 is 17.6 Å². The van der Waals surface area contributed by atoms with Crippen LogP contribution in [0.3, 0.4) is 0 Å². The fourth-order valence-corrected chi connectivity index (χ4v) is 3.21. The van der Waals surface area contributed by atoms with Crippen molar-refractivity contribution in [2.24, 2.45) is 0 Å². The number of benzene rings is 1. The van der Waals surface area contributed by atoms with Crippen molar-refractivity contribution in [1.29, 1.82) is 0 Å². The summed E-state index contributed by atoms with van der Waals surface area (Å²) in [6, 6.07) is 4.52. The lowest BCUT2D eigenvalue weighted by atomic mass is 10.0. The molecule has 1 aromatic carbocycles. The zero-order valence-electron chi connectivity index (χ0n) is 14.6. The van der Waals surface area contributed by atoms with Gasteiger partial charge in [-0.05, 0) is 35.7 Å². The van der Waals surface area contributed by atoms with Gasteiger partial charge in [-0.1, -0.05) is 13.0 Å². The summed E-state index contributed by atoms with van der Waals surface area (Å²) in [5.74, 6) is -0.596. The molecule has 3 aromatic rings. The molecule has 2 heterocycles. The zero-order chi connectivity index (χ0) is 20.3. The van der Waals surface area contributed by atoms with E-state index in [1.54, 1.807) is 0 Å². The van der Waals surface area contributed by atoms with E-state index >= 15 is 0 Å². The fourth-order valence-electron chi connectivity index (χ4n) is 2.43. The molecule has 0 saturated heterocycles. The molecule has 0 aliphatic heterocycles. The molecule has 146 valence electrons. The molecule has 0 amide bonds. The molecule has 0 atom stereocenters. The SMILES string of the molecule is CCNSc1cc(C(F)(F)F)ccc1-c1cnc(-c2cnc(N)nc2)c(F)c1. The van der Waals surface area contributed by atoms with Gasteiger partial charge in [0.2, 0.25) is 5.95 Å². The first kappa shape index (κ1) is 20.0. The molecule has 0 radical (unpaired) electrons. The Labute approximate surface area is 162 Å². The van der Waals surface area contributed by atoms with Gasteiger partial charge in [-0.25, -0.2) is 14.4 Å². The Bertz CT molecular complexity index is 977. The van der Waals surface area contributed by atoms with Crippen LogP contribution in [0.2, 0.25) is 0 Å². The standard InChI is InChI=1S/C18H15F4N5S/c1-2-27-28-15-6-12(18(20,21)22)3-4-13(15)10-5-14(19)16(24-7-10)11-8-25-17(23)26-9-11/h3-9,27H,2H2,1H3,(H2,23,25,26). The molecule has 2 aromatic heterocycles. The largest absolute Gasteiger partial charge is 0.416 e. The molecule has 10 heteroatoms. The van der Waals surface area contributed by atoms with Gasteiger partial charge >= 0.3 is 6.18 Å². The molecule has 0 saturated carbocycles. The van der Waals surface area contributed by atoms with Gasteiger partial charge in [0.1, 0.15) is 11.5 Å². The van der Waals surface area contributed by atoms with Crippen molar-refractivity contribution in [2.75, 3.05) is 12.3 Å². The molecule has 5 nitrogen and oxygen atoms in total. The summed E-state index contributed by atoms with van der Waals surface area (Å²) in [5, 5.41) is 0. The first-order valence-corrected chi connectivity index (χ1v) is 8.96. The van der Waals surface area contributed by atoms with E-state index in [0.717, 1.165) is 24.1 Å². The number of aromatic nitrogens is 3. The summed E-state index contributed by atoms with van der Waals surface area (Å²) in [4.78, 5) is 12.0. The van der Waals surface area contributed by atoms with Crippen LogP contribution in [0.15, 0.2) is 47.8 Å². The number of nitrogens with two attached hydrogens (primary N) is 1. The van der Waals surface area contributed by atoms with E-state index in [-0.39, 0.29) is 11.6 Å². The predicted molar refractivity (Wildman–Crippen MR) is 99.6 cm³/mol. The Morgan fingerprint density at radius 3 is 2.32 bits per heavy atom. The minimum absolute atomic E-state index is 0.0246. The fraction of sp³-hybridized carbons (Fsp3) is 0.167. The molecule has 0 spiro atoms. The third-order valence-electron chi connectivity index (χ3n) is 3.73. The molecular formula is C18H15F4N5S. The number of nitrogens with one attached hydrogen (secondary N) is 1. The highest BCUT2D eigenvalue weighted by Crippen LogP contribution is 2.37. The maximum absolute atomic E-state index is 14.6. The van der Waals surface area contributed by atoms with Crippen LogP contribution in [-0.2, 0) is 6.18 Å². The lowest BCUT2D eigenvalue weighted by Crippen LogP contribution is -2.07. The third-order valence-corrected chi connectivity index (χ3v) is 4.72. The second-order valence-electron chi connectivity index (χ2n) is 5.69. The predicted octanol–water partition coefficient (Wildman–Crippen LogP) is 4.56. The number of nitrogen functional groups attached to an aromatic ring is 1. The average molecular weight is 409 g/mol. The van der Waals surface area contributed by atoms with Crippen LogP contribution in [0.4, 0.5) is 23.5 Å². The number of nitrogens with zero attached hydrogens (tertiary/aromatic N) is 3. The minimum atomic E-state index is -4.47. The molecule has 0 unspecified atom stereocenters. The number of pyridine rings is 1. The van der Waals surface area contributed by atoms with Crippen molar-refractivity contribution in [1.82, 2.24) is 19.7 Å². The lowest BCUT2D eigenvalue weighted by Gasteiger charge is -2.14. The van der Waals surface area contributed by atoms with Crippen LogP contribution in [0.25, 0.3) is 22.4 Å². The summed E-state index contributed by atoms with van der Waals surface area (Å²) in [5.41, 5.74) is 5.79. The smallest absolute Gasteiger partial charge is 0.368 e. The van der Waals surface area contributed by atoms with E-state index in [1.165, 1.54) is 30.7 Å². The number of anilines is 1. The lowest BCUT2D eigenvalue weighted by molar-refractivity contribution is -0.137. The zero-order valence-corrected chi connectivity index (χ0v) is 15.4. The van der Waals surface area contributed by atoms with Crippen molar-refractivity contribution in [3.8, 4) is 22.4 Å². The van der Waals surface area contributed by atoms with Crippen LogP contribution < -0.4 is 10.5 Å². The van der Waals surface area contributed by atoms with E-state index in [2.05, 4.69) is 19.7 Å². The summed E-state index contributed by atoms with van der Waals surface area (Å²) >= 11 is 1.05. The average Bonchev–Trinajstić information content (AvgIpc) is 2.66. The molecular weight excluding hydrogens is 394 g/mol. The van der Waals surface area contributed by atoms with Gasteiger partial charge in [0, 0.05) is 41.2 Å². The highest BCUT2D eigenvalue weighted by molar-refractivity contribution is 7.97. The Balaban J connectivity index is 2.02. The molecule has 28 heavy (non-hydrogen) atoms. The van der Waals surface area contributed by atoms with Crippen molar-refractivity contribution in [2.45, 2.75) is 18.0 Å². The number of hydrogen-bond acceptors (Lipinski definition) is 6. The van der Waals surface area contributed by atoms with Crippen molar-refractivity contribution >= 4 is 17.9 Å². The topological polar surface area (TPSA) is 76.7 Å². The van der Waals surface area contributed by atoms with Crippen molar-refractivity contribution in [3.63, 3.8) is 0 Å². The number of rotatable bonds is 5. The van der Waals surface area contributed by atoms with Crippen LogP contribution >= 0.6 is 11.9 Å². The Morgan fingerprint density at radius 1 is 1.04 bits per heavy atom. The highest BCUT2D eigenvalue weighted by atomic mass is 32.2. The Morgan fingerprint density at radius 2 is 1.71 bits per heavy atom. The second-order valence-corrected chi connectivity index (χ2v) is 6.63. The summed E-state index contributed by atoms with van der Waals surface area (Å²) < 4.78 is 56.6. The van der Waals surface area contributed by atoms with Gasteiger partial charge in [0.25, 0.3) is 0 Å². The number of hydrogen-bond donors (Lipinski definition) is 2. The molecule has 0 bridgehead atoms. The first-order valence-electron chi connectivity index (χ1n) is 8.14. The molecule has 3 rings (SSSR count). The van der Waals surface area contributed by atoms with Gasteiger partial charge in [0.05, 0.1) is 5.56 Å².